The van der Waals surface area contributed by atoms with E-state index in [1.165, 1.54) is 5.57 Å². The highest BCUT2D eigenvalue weighted by atomic mass is 16.5. The number of hydrogen-bond acceptors (Lipinski definition) is 3. The van der Waals surface area contributed by atoms with Crippen molar-refractivity contribution in [2.45, 2.75) is 34.1 Å². The molecule has 0 unspecified atom stereocenters. The molecule has 1 amide bonds. The summed E-state index contributed by atoms with van der Waals surface area (Å²) in [4.78, 5) is 16.2. The molecule has 0 saturated carbocycles. The van der Waals surface area contributed by atoms with Crippen LogP contribution in [0.4, 0.5) is 5.69 Å². The second kappa shape index (κ2) is 6.60. The quantitative estimate of drug-likeness (QED) is 0.908. The number of nitrogens with one attached hydrogen (secondary N) is 1. The van der Waals surface area contributed by atoms with Crippen LogP contribution in [0.3, 0.4) is 0 Å². The summed E-state index contributed by atoms with van der Waals surface area (Å²) in [5.41, 5.74) is 1.35. The topological polar surface area (TPSA) is 51.2 Å². The van der Waals surface area contributed by atoms with Crippen LogP contribution in [0.25, 0.3) is 0 Å². The Morgan fingerprint density at radius 3 is 2.77 bits per heavy atom. The lowest BCUT2D eigenvalue weighted by Crippen LogP contribution is -2.27. The van der Waals surface area contributed by atoms with Gasteiger partial charge in [0.05, 0.1) is 11.9 Å². The van der Waals surface area contributed by atoms with Crippen LogP contribution in [0.2, 0.25) is 0 Å². The van der Waals surface area contributed by atoms with Crippen molar-refractivity contribution >= 4 is 11.6 Å². The van der Waals surface area contributed by atoms with E-state index in [1.807, 2.05) is 45.9 Å². The van der Waals surface area contributed by atoms with Crippen molar-refractivity contribution in [1.29, 1.82) is 0 Å². The number of pyridine rings is 1. The van der Waals surface area contributed by atoms with E-state index in [0.29, 0.717) is 11.4 Å². The molecule has 0 aromatic carbocycles. The Kier molecular flexibility index (Phi) is 4.81. The Morgan fingerprint density at radius 2 is 2.05 bits per heavy atom. The molecule has 2 rings (SSSR count). The summed E-state index contributed by atoms with van der Waals surface area (Å²) < 4.78 is 5.89. The number of rotatable bonds is 3. The number of anilines is 1. The zero-order valence-electron chi connectivity index (χ0n) is 13.5. The van der Waals surface area contributed by atoms with Crippen LogP contribution in [0, 0.1) is 5.41 Å². The van der Waals surface area contributed by atoms with Crippen LogP contribution in [0.15, 0.2) is 54.1 Å². The van der Waals surface area contributed by atoms with Crippen molar-refractivity contribution in [3.8, 4) is 5.75 Å². The lowest BCUT2D eigenvalue weighted by Gasteiger charge is -2.19. The number of amides is 1. The number of carbonyl (C=O) groups is 1. The maximum absolute atomic E-state index is 12.2. The molecule has 0 radical (unpaired) electrons. The van der Waals surface area contributed by atoms with Gasteiger partial charge in [0.2, 0.25) is 5.91 Å². The molecule has 22 heavy (non-hydrogen) atoms. The number of aromatic nitrogens is 1. The van der Waals surface area contributed by atoms with Gasteiger partial charge in [0.15, 0.2) is 5.75 Å². The molecule has 0 spiro atoms. The Bertz CT molecular complexity index is 649. The molecule has 0 saturated heterocycles. The summed E-state index contributed by atoms with van der Waals surface area (Å²) in [6.07, 6.45) is 12.1. The molecule has 1 aromatic heterocycles. The van der Waals surface area contributed by atoms with Crippen molar-refractivity contribution in [2.24, 2.45) is 5.41 Å². The summed E-state index contributed by atoms with van der Waals surface area (Å²) >= 11 is 0. The summed E-state index contributed by atoms with van der Waals surface area (Å²) in [5.74, 6) is 1.22. The SMILES string of the molecule is CC1=CCC=C(Oc2cnccc2NC(=O)C(C)(C)C)C=C1. The van der Waals surface area contributed by atoms with Gasteiger partial charge in [-0.3, -0.25) is 9.78 Å². The average Bonchev–Trinajstić information content (AvgIpc) is 2.65. The maximum Gasteiger partial charge on any atom is 0.229 e. The first kappa shape index (κ1) is 16.0. The molecule has 1 aliphatic carbocycles. The zero-order chi connectivity index (χ0) is 16.2. The normalized spacial score (nSPS) is 14.7. The fraction of sp³-hybridized carbons (Fsp3) is 0.333. The monoisotopic (exact) mass is 298 g/mol. The van der Waals surface area contributed by atoms with Crippen LogP contribution in [0.5, 0.6) is 5.75 Å². The second-order valence-corrected chi connectivity index (χ2v) is 6.30. The van der Waals surface area contributed by atoms with Gasteiger partial charge < -0.3 is 10.1 Å². The van der Waals surface area contributed by atoms with Crippen molar-refractivity contribution in [3.63, 3.8) is 0 Å². The third-order valence-corrected chi connectivity index (χ3v) is 3.21. The van der Waals surface area contributed by atoms with E-state index in [-0.39, 0.29) is 5.91 Å². The van der Waals surface area contributed by atoms with Crippen molar-refractivity contribution in [3.05, 3.63) is 54.1 Å². The standard InChI is InChI=1S/C18H22N2O2/c1-13-6-5-7-14(9-8-13)22-16-12-19-11-10-15(16)20-17(21)18(2,3)4/h6-12H,5H2,1-4H3,(H,19,20,21). The lowest BCUT2D eigenvalue weighted by atomic mass is 9.95. The smallest absolute Gasteiger partial charge is 0.229 e. The van der Waals surface area contributed by atoms with Crippen LogP contribution >= 0.6 is 0 Å². The largest absolute Gasteiger partial charge is 0.454 e. The van der Waals surface area contributed by atoms with Gasteiger partial charge in [-0.05, 0) is 31.6 Å². The number of allylic oxidation sites excluding steroid dienone is 5. The Balaban J connectivity index is 2.17. The first-order valence-corrected chi connectivity index (χ1v) is 7.34. The van der Waals surface area contributed by atoms with Crippen LogP contribution < -0.4 is 10.1 Å². The minimum Gasteiger partial charge on any atom is -0.454 e. The van der Waals surface area contributed by atoms with Crippen LogP contribution in [0.1, 0.15) is 34.1 Å². The van der Waals surface area contributed by atoms with E-state index in [1.54, 1.807) is 18.5 Å². The molecule has 1 N–H and O–H groups in total. The van der Waals surface area contributed by atoms with Crippen LogP contribution in [-0.4, -0.2) is 10.9 Å². The van der Waals surface area contributed by atoms with Gasteiger partial charge in [0.25, 0.3) is 0 Å². The molecule has 0 fully saturated rings. The minimum absolute atomic E-state index is 0.0635. The van der Waals surface area contributed by atoms with Gasteiger partial charge in [-0.1, -0.05) is 38.5 Å². The number of hydrogen-bond donors (Lipinski definition) is 1. The van der Waals surface area contributed by atoms with E-state index >= 15 is 0 Å². The van der Waals surface area contributed by atoms with Crippen molar-refractivity contribution in [1.82, 2.24) is 4.98 Å². The van der Waals surface area contributed by atoms with Crippen molar-refractivity contribution in [2.75, 3.05) is 5.32 Å². The van der Waals surface area contributed by atoms with Gasteiger partial charge in [-0.15, -0.1) is 0 Å². The predicted molar refractivity (Wildman–Crippen MR) is 88.5 cm³/mol. The third-order valence-electron chi connectivity index (χ3n) is 3.21. The molecule has 116 valence electrons. The summed E-state index contributed by atoms with van der Waals surface area (Å²) in [7, 11) is 0. The summed E-state index contributed by atoms with van der Waals surface area (Å²) in [5, 5.41) is 2.90. The van der Waals surface area contributed by atoms with Gasteiger partial charge in [0.1, 0.15) is 5.76 Å². The molecule has 4 heteroatoms. The number of ether oxygens (including phenoxy) is 1. The summed E-state index contributed by atoms with van der Waals surface area (Å²) in [6, 6.07) is 1.74. The fourth-order valence-electron chi connectivity index (χ4n) is 1.79. The first-order valence-electron chi connectivity index (χ1n) is 7.34. The second-order valence-electron chi connectivity index (χ2n) is 6.30. The fourth-order valence-corrected chi connectivity index (χ4v) is 1.79. The average molecular weight is 298 g/mol. The molecule has 4 nitrogen and oxygen atoms in total. The molecule has 0 atom stereocenters. The highest BCUT2D eigenvalue weighted by molar-refractivity contribution is 5.95. The van der Waals surface area contributed by atoms with E-state index in [0.717, 1.165) is 12.2 Å². The van der Waals surface area contributed by atoms with Gasteiger partial charge in [-0.2, -0.15) is 0 Å². The van der Waals surface area contributed by atoms with E-state index in [2.05, 4.69) is 16.4 Å². The Morgan fingerprint density at radius 1 is 1.27 bits per heavy atom. The van der Waals surface area contributed by atoms with E-state index < -0.39 is 5.41 Å². The van der Waals surface area contributed by atoms with Crippen LogP contribution in [-0.2, 0) is 4.79 Å². The van der Waals surface area contributed by atoms with Gasteiger partial charge in [-0.25, -0.2) is 0 Å². The summed E-state index contributed by atoms with van der Waals surface area (Å²) in [6.45, 7) is 7.66. The number of nitrogens with zero attached hydrogens (tertiary/aromatic N) is 1. The Hall–Kier alpha value is -2.36. The van der Waals surface area contributed by atoms with Crippen molar-refractivity contribution < 1.29 is 9.53 Å². The van der Waals surface area contributed by atoms with Gasteiger partial charge in [0, 0.05) is 11.6 Å². The van der Waals surface area contributed by atoms with Gasteiger partial charge >= 0.3 is 0 Å². The highest BCUT2D eigenvalue weighted by Crippen LogP contribution is 2.27. The van der Waals surface area contributed by atoms with E-state index in [9.17, 15) is 4.79 Å². The first-order chi connectivity index (χ1) is 10.4. The minimum atomic E-state index is -0.469. The molecular weight excluding hydrogens is 276 g/mol. The number of carbonyl (C=O) groups excluding carboxylic acids is 1. The highest BCUT2D eigenvalue weighted by Gasteiger charge is 2.22. The molecule has 1 heterocycles. The molecule has 1 aliphatic rings. The molecular formula is C18H22N2O2. The molecule has 1 aromatic rings. The van der Waals surface area contributed by atoms with E-state index in [4.69, 9.17) is 4.74 Å². The molecule has 0 bridgehead atoms. The Labute approximate surface area is 131 Å². The predicted octanol–water partition coefficient (Wildman–Crippen LogP) is 4.24. The lowest BCUT2D eigenvalue weighted by molar-refractivity contribution is -0.123. The molecule has 0 aliphatic heterocycles. The maximum atomic E-state index is 12.2. The third kappa shape index (κ3) is 4.32. The zero-order valence-corrected chi connectivity index (χ0v) is 13.5.